The van der Waals surface area contributed by atoms with E-state index >= 15 is 0 Å². The van der Waals surface area contributed by atoms with E-state index in [0.717, 1.165) is 0 Å². The maximum Gasteiger partial charge on any atom is 0.187 e. The maximum absolute atomic E-state index is 14.0. The van der Waals surface area contributed by atoms with Gasteiger partial charge in [0.2, 0.25) is 0 Å². The molecule has 0 radical (unpaired) electrons. The summed E-state index contributed by atoms with van der Waals surface area (Å²) in [4.78, 5) is 16.0. The summed E-state index contributed by atoms with van der Waals surface area (Å²) >= 11 is 11.6. The molecule has 0 aliphatic rings. The van der Waals surface area contributed by atoms with Crippen LogP contribution in [0.25, 0.3) is 0 Å². The van der Waals surface area contributed by atoms with Gasteiger partial charge in [-0.15, -0.1) is 0 Å². The lowest BCUT2D eigenvalue weighted by molar-refractivity contribution is 0.0987. The molecule has 1 aromatic carbocycles. The fourth-order valence-corrected chi connectivity index (χ4v) is 2.21. The van der Waals surface area contributed by atoms with Gasteiger partial charge in [-0.2, -0.15) is 0 Å². The molecule has 0 N–H and O–H groups in total. The quantitative estimate of drug-likeness (QED) is 0.802. The van der Waals surface area contributed by atoms with Crippen LogP contribution in [0.4, 0.5) is 4.39 Å². The van der Waals surface area contributed by atoms with Gasteiger partial charge in [-0.05, 0) is 17.7 Å². The minimum Gasteiger partial charge on any atom is -0.494 e. The third kappa shape index (κ3) is 3.08. The number of ketones is 1. The number of ether oxygens (including phenoxy) is 1. The van der Waals surface area contributed by atoms with Gasteiger partial charge in [0.1, 0.15) is 5.69 Å². The zero-order chi connectivity index (χ0) is 14.7. The second-order valence-electron chi connectivity index (χ2n) is 4.02. The van der Waals surface area contributed by atoms with Crippen LogP contribution < -0.4 is 4.74 Å². The molecule has 2 aromatic rings. The molecule has 3 nitrogen and oxygen atoms in total. The normalized spacial score (nSPS) is 10.4. The van der Waals surface area contributed by atoms with Crippen molar-refractivity contribution in [2.45, 2.75) is 6.42 Å². The Kier molecular flexibility index (Phi) is 4.57. The molecule has 0 aliphatic carbocycles. The van der Waals surface area contributed by atoms with Crippen molar-refractivity contribution in [2.24, 2.45) is 0 Å². The van der Waals surface area contributed by atoms with Crippen LogP contribution in [-0.2, 0) is 6.42 Å². The lowest BCUT2D eigenvalue weighted by Gasteiger charge is -2.07. The van der Waals surface area contributed by atoms with Crippen molar-refractivity contribution in [3.63, 3.8) is 0 Å². The monoisotopic (exact) mass is 313 g/mol. The molecule has 0 spiro atoms. The van der Waals surface area contributed by atoms with Gasteiger partial charge in [0.25, 0.3) is 0 Å². The Morgan fingerprint density at radius 1 is 1.40 bits per heavy atom. The number of halogens is 3. The Labute approximate surface area is 125 Å². The van der Waals surface area contributed by atoms with Gasteiger partial charge >= 0.3 is 0 Å². The number of methoxy groups -OCH3 is 1. The van der Waals surface area contributed by atoms with Crippen LogP contribution in [0, 0.1) is 5.82 Å². The van der Waals surface area contributed by atoms with Crippen LogP contribution in [0.5, 0.6) is 5.75 Å². The number of pyridine rings is 1. The van der Waals surface area contributed by atoms with Gasteiger partial charge in [-0.1, -0.05) is 35.3 Å². The minimum absolute atomic E-state index is 0.0679. The van der Waals surface area contributed by atoms with Crippen LogP contribution in [0.2, 0.25) is 10.0 Å². The molecule has 0 fully saturated rings. The van der Waals surface area contributed by atoms with E-state index in [1.54, 1.807) is 6.07 Å². The molecule has 20 heavy (non-hydrogen) atoms. The van der Waals surface area contributed by atoms with E-state index in [1.807, 2.05) is 0 Å². The number of Topliss-reactive ketones (excluding diaryl/α,β-unsaturated/α-hetero) is 1. The third-order valence-electron chi connectivity index (χ3n) is 2.69. The maximum atomic E-state index is 14.0. The molecule has 104 valence electrons. The molecular weight excluding hydrogens is 304 g/mol. The van der Waals surface area contributed by atoms with E-state index in [1.165, 1.54) is 31.5 Å². The van der Waals surface area contributed by atoms with Gasteiger partial charge in [0.15, 0.2) is 17.3 Å². The van der Waals surface area contributed by atoms with E-state index in [-0.39, 0.29) is 34.2 Å². The zero-order valence-electron chi connectivity index (χ0n) is 10.5. The first-order chi connectivity index (χ1) is 9.52. The van der Waals surface area contributed by atoms with E-state index in [0.29, 0.717) is 5.02 Å². The van der Waals surface area contributed by atoms with Crippen LogP contribution in [-0.4, -0.2) is 17.9 Å². The SMILES string of the molecule is COc1cccc(CC(=O)c2ncc(Cl)cc2Cl)c1F. The van der Waals surface area contributed by atoms with Crippen LogP contribution >= 0.6 is 23.2 Å². The van der Waals surface area contributed by atoms with Crippen molar-refractivity contribution in [2.75, 3.05) is 7.11 Å². The second kappa shape index (κ2) is 6.20. The van der Waals surface area contributed by atoms with Crippen LogP contribution in [0.3, 0.4) is 0 Å². The van der Waals surface area contributed by atoms with Crippen molar-refractivity contribution in [1.82, 2.24) is 4.98 Å². The Bertz CT molecular complexity index is 662. The summed E-state index contributed by atoms with van der Waals surface area (Å²) in [6.07, 6.45) is 1.17. The summed E-state index contributed by atoms with van der Waals surface area (Å²) in [6, 6.07) is 6.03. The molecule has 1 heterocycles. The molecule has 0 aliphatic heterocycles. The number of carbonyl (C=O) groups is 1. The highest BCUT2D eigenvalue weighted by Gasteiger charge is 2.17. The lowest BCUT2D eigenvalue weighted by atomic mass is 10.1. The van der Waals surface area contributed by atoms with Crippen molar-refractivity contribution in [1.29, 1.82) is 0 Å². The fraction of sp³-hybridized carbons (Fsp3) is 0.143. The molecule has 2 rings (SSSR count). The first-order valence-electron chi connectivity index (χ1n) is 5.68. The largest absolute Gasteiger partial charge is 0.494 e. The molecule has 1 aromatic heterocycles. The number of hydrogen-bond donors (Lipinski definition) is 0. The summed E-state index contributed by atoms with van der Waals surface area (Å²) in [5, 5.41) is 0.477. The summed E-state index contributed by atoms with van der Waals surface area (Å²) in [7, 11) is 1.36. The van der Waals surface area contributed by atoms with Crippen LogP contribution in [0.15, 0.2) is 30.5 Å². The van der Waals surface area contributed by atoms with Crippen molar-refractivity contribution >= 4 is 29.0 Å². The predicted octanol–water partition coefficient (Wildman–Crippen LogP) is 3.96. The van der Waals surface area contributed by atoms with Crippen molar-refractivity contribution in [3.05, 3.63) is 57.6 Å². The number of nitrogens with zero attached hydrogens (tertiary/aromatic N) is 1. The second-order valence-corrected chi connectivity index (χ2v) is 4.86. The van der Waals surface area contributed by atoms with E-state index in [9.17, 15) is 9.18 Å². The zero-order valence-corrected chi connectivity index (χ0v) is 12.0. The molecule has 0 atom stereocenters. The summed E-state index contributed by atoms with van der Waals surface area (Å²) in [5.41, 5.74) is 0.292. The highest BCUT2D eigenvalue weighted by molar-refractivity contribution is 6.36. The standard InChI is InChI=1S/C14H10Cl2FNO2/c1-20-12-4-2-3-8(13(12)17)5-11(19)14-10(16)6-9(15)7-18-14/h2-4,6-7H,5H2,1H3. The lowest BCUT2D eigenvalue weighted by Crippen LogP contribution is -2.08. The van der Waals surface area contributed by atoms with E-state index < -0.39 is 5.82 Å². The summed E-state index contributed by atoms with van der Waals surface area (Å²) in [6.45, 7) is 0. The smallest absolute Gasteiger partial charge is 0.187 e. The number of benzene rings is 1. The molecule has 0 amide bonds. The topological polar surface area (TPSA) is 39.2 Å². The first kappa shape index (κ1) is 14.8. The van der Waals surface area contributed by atoms with Gasteiger partial charge in [-0.25, -0.2) is 9.37 Å². The Morgan fingerprint density at radius 2 is 2.15 bits per heavy atom. The average Bonchev–Trinajstić information content (AvgIpc) is 2.41. The highest BCUT2D eigenvalue weighted by atomic mass is 35.5. The molecular formula is C14H10Cl2FNO2. The van der Waals surface area contributed by atoms with E-state index in [4.69, 9.17) is 27.9 Å². The number of hydrogen-bond acceptors (Lipinski definition) is 3. The first-order valence-corrected chi connectivity index (χ1v) is 6.44. The minimum atomic E-state index is -0.562. The number of carbonyl (C=O) groups excluding carboxylic acids is 1. The van der Waals surface area contributed by atoms with Crippen molar-refractivity contribution in [3.8, 4) is 5.75 Å². The van der Waals surface area contributed by atoms with E-state index in [2.05, 4.69) is 4.98 Å². The highest BCUT2D eigenvalue weighted by Crippen LogP contribution is 2.23. The fourth-order valence-electron chi connectivity index (χ4n) is 1.73. The average molecular weight is 314 g/mol. The van der Waals surface area contributed by atoms with Crippen molar-refractivity contribution < 1.29 is 13.9 Å². The predicted molar refractivity (Wildman–Crippen MR) is 75.2 cm³/mol. The van der Waals surface area contributed by atoms with Gasteiger partial charge in [0, 0.05) is 12.6 Å². The van der Waals surface area contributed by atoms with Crippen LogP contribution in [0.1, 0.15) is 16.1 Å². The molecule has 0 bridgehead atoms. The molecule has 0 unspecified atom stereocenters. The number of aromatic nitrogens is 1. The Hall–Kier alpha value is -1.65. The Balaban J connectivity index is 2.28. The van der Waals surface area contributed by atoms with Gasteiger partial charge in [0.05, 0.1) is 17.2 Å². The summed E-state index contributed by atoms with van der Waals surface area (Å²) in [5.74, 6) is -0.863. The molecule has 6 heteroatoms. The third-order valence-corrected chi connectivity index (χ3v) is 3.18. The molecule has 0 saturated heterocycles. The van der Waals surface area contributed by atoms with Gasteiger partial charge < -0.3 is 4.74 Å². The Morgan fingerprint density at radius 3 is 2.80 bits per heavy atom. The van der Waals surface area contributed by atoms with Gasteiger partial charge in [-0.3, -0.25) is 4.79 Å². The number of rotatable bonds is 4. The molecule has 0 saturated carbocycles. The summed E-state index contributed by atoms with van der Waals surface area (Å²) < 4.78 is 18.8.